The van der Waals surface area contributed by atoms with Gasteiger partial charge in [-0.25, -0.2) is 0 Å². The van der Waals surface area contributed by atoms with Crippen molar-refractivity contribution < 1.29 is 4.74 Å². The number of benzene rings is 1. The van der Waals surface area contributed by atoms with Crippen LogP contribution < -0.4 is 10.1 Å². The molecule has 0 radical (unpaired) electrons. The average molecular weight is 219 g/mol. The van der Waals surface area contributed by atoms with E-state index >= 15 is 0 Å². The average Bonchev–Trinajstić information content (AvgIpc) is 2.27. The number of hydrogen-bond acceptors (Lipinski definition) is 2. The van der Waals surface area contributed by atoms with Crippen LogP contribution in [0.4, 0.5) is 0 Å². The Morgan fingerprint density at radius 2 is 2.19 bits per heavy atom. The zero-order chi connectivity index (χ0) is 12.0. The second-order valence-electron chi connectivity index (χ2n) is 4.30. The maximum absolute atomic E-state index is 5.67. The predicted octanol–water partition coefficient (Wildman–Crippen LogP) is 2.96. The lowest BCUT2D eigenvalue weighted by Crippen LogP contribution is -2.14. The zero-order valence-electron chi connectivity index (χ0n) is 10.4. The van der Waals surface area contributed by atoms with Crippen molar-refractivity contribution in [3.05, 3.63) is 42.0 Å². The van der Waals surface area contributed by atoms with Crippen molar-refractivity contribution in [1.82, 2.24) is 5.32 Å². The quantitative estimate of drug-likeness (QED) is 0.743. The van der Waals surface area contributed by atoms with Crippen LogP contribution in [-0.2, 0) is 0 Å². The highest BCUT2D eigenvalue weighted by atomic mass is 16.5. The van der Waals surface area contributed by atoms with Crippen LogP contribution in [0.5, 0.6) is 5.75 Å². The third-order valence-electron chi connectivity index (χ3n) is 2.39. The van der Waals surface area contributed by atoms with E-state index in [4.69, 9.17) is 4.74 Å². The van der Waals surface area contributed by atoms with E-state index in [9.17, 15) is 0 Å². The number of hydrogen-bond donors (Lipinski definition) is 1. The van der Waals surface area contributed by atoms with Crippen molar-refractivity contribution in [2.75, 3.05) is 20.2 Å². The summed E-state index contributed by atoms with van der Waals surface area (Å²) in [5, 5.41) is 3.05. The van der Waals surface area contributed by atoms with E-state index in [0.29, 0.717) is 12.5 Å². The highest BCUT2D eigenvalue weighted by molar-refractivity contribution is 5.30. The van der Waals surface area contributed by atoms with Crippen LogP contribution >= 0.6 is 0 Å². The molecule has 1 N–H and O–H groups in total. The normalized spacial score (nSPS) is 10.5. The lowest BCUT2D eigenvalue weighted by molar-refractivity contribution is 0.348. The van der Waals surface area contributed by atoms with E-state index in [2.05, 4.69) is 37.9 Å². The Morgan fingerprint density at radius 1 is 1.44 bits per heavy atom. The molecule has 2 nitrogen and oxygen atoms in total. The fourth-order valence-corrected chi connectivity index (χ4v) is 1.45. The Bertz CT molecular complexity index is 344. The van der Waals surface area contributed by atoms with Gasteiger partial charge in [0.1, 0.15) is 12.4 Å². The Labute approximate surface area is 98.3 Å². The maximum atomic E-state index is 5.67. The van der Waals surface area contributed by atoms with Gasteiger partial charge >= 0.3 is 0 Å². The Morgan fingerprint density at radius 3 is 2.81 bits per heavy atom. The first-order valence-corrected chi connectivity index (χ1v) is 5.67. The first-order chi connectivity index (χ1) is 7.63. The standard InChI is InChI=1S/C14H21NO/c1-11(2)13-6-5-7-14(8-13)16-10-12(3)9-15-4/h5-8,11,15H,3,9-10H2,1-2,4H3. The van der Waals surface area contributed by atoms with Gasteiger partial charge in [0.05, 0.1) is 0 Å². The van der Waals surface area contributed by atoms with Crippen LogP contribution in [0.15, 0.2) is 36.4 Å². The van der Waals surface area contributed by atoms with Crippen LogP contribution in [0, 0.1) is 0 Å². The number of rotatable bonds is 6. The molecule has 16 heavy (non-hydrogen) atoms. The smallest absolute Gasteiger partial charge is 0.120 e. The van der Waals surface area contributed by atoms with Crippen LogP contribution in [-0.4, -0.2) is 20.2 Å². The second-order valence-corrected chi connectivity index (χ2v) is 4.30. The van der Waals surface area contributed by atoms with Gasteiger partial charge in [-0.1, -0.05) is 32.6 Å². The largest absolute Gasteiger partial charge is 0.489 e. The maximum Gasteiger partial charge on any atom is 0.120 e. The van der Waals surface area contributed by atoms with E-state index in [1.54, 1.807) is 0 Å². The number of likely N-dealkylation sites (N-methyl/N-ethyl adjacent to an activating group) is 1. The summed E-state index contributed by atoms with van der Waals surface area (Å²) in [6, 6.07) is 8.24. The molecule has 0 bridgehead atoms. The minimum Gasteiger partial charge on any atom is -0.489 e. The van der Waals surface area contributed by atoms with Crippen molar-refractivity contribution in [2.45, 2.75) is 19.8 Å². The van der Waals surface area contributed by atoms with Gasteiger partial charge in [0.15, 0.2) is 0 Å². The summed E-state index contributed by atoms with van der Waals surface area (Å²) >= 11 is 0. The summed E-state index contributed by atoms with van der Waals surface area (Å²) in [6.45, 7) is 9.66. The van der Waals surface area contributed by atoms with Crippen LogP contribution in [0.1, 0.15) is 25.3 Å². The molecule has 0 saturated heterocycles. The van der Waals surface area contributed by atoms with Crippen LogP contribution in [0.3, 0.4) is 0 Å². The molecule has 0 atom stereocenters. The first kappa shape index (κ1) is 12.8. The van der Waals surface area contributed by atoms with E-state index in [1.807, 2.05) is 19.2 Å². The van der Waals surface area contributed by atoms with Crippen molar-refractivity contribution >= 4 is 0 Å². The molecule has 0 saturated carbocycles. The Hall–Kier alpha value is -1.28. The van der Waals surface area contributed by atoms with Crippen molar-refractivity contribution in [2.24, 2.45) is 0 Å². The number of nitrogens with one attached hydrogen (secondary N) is 1. The van der Waals surface area contributed by atoms with E-state index < -0.39 is 0 Å². The molecule has 2 heteroatoms. The SMILES string of the molecule is C=C(CNC)COc1cccc(C(C)C)c1. The van der Waals surface area contributed by atoms with Crippen LogP contribution in [0.25, 0.3) is 0 Å². The minimum atomic E-state index is 0.532. The van der Waals surface area contributed by atoms with Gasteiger partial charge in [0.25, 0.3) is 0 Å². The Balaban J connectivity index is 2.54. The van der Waals surface area contributed by atoms with E-state index in [-0.39, 0.29) is 0 Å². The van der Waals surface area contributed by atoms with Crippen molar-refractivity contribution in [3.8, 4) is 5.75 Å². The molecule has 0 aromatic heterocycles. The molecule has 0 amide bonds. The summed E-state index contributed by atoms with van der Waals surface area (Å²) in [5.41, 5.74) is 2.36. The highest BCUT2D eigenvalue weighted by Gasteiger charge is 2.01. The molecule has 1 aromatic rings. The van der Waals surface area contributed by atoms with Gasteiger partial charge < -0.3 is 10.1 Å². The minimum absolute atomic E-state index is 0.532. The highest BCUT2D eigenvalue weighted by Crippen LogP contribution is 2.20. The molecular weight excluding hydrogens is 198 g/mol. The summed E-state index contributed by atoms with van der Waals surface area (Å²) < 4.78 is 5.67. The molecule has 0 aliphatic carbocycles. The van der Waals surface area contributed by atoms with Gasteiger partial charge in [-0.2, -0.15) is 0 Å². The topological polar surface area (TPSA) is 21.3 Å². The molecule has 0 heterocycles. The summed E-state index contributed by atoms with van der Waals surface area (Å²) in [7, 11) is 1.91. The van der Waals surface area contributed by atoms with Gasteiger partial charge in [0, 0.05) is 6.54 Å². The molecule has 88 valence electrons. The summed E-state index contributed by atoms with van der Waals surface area (Å²) in [5.74, 6) is 1.45. The predicted molar refractivity (Wildman–Crippen MR) is 69.1 cm³/mol. The van der Waals surface area contributed by atoms with Gasteiger partial charge in [-0.05, 0) is 36.2 Å². The third kappa shape index (κ3) is 4.07. The monoisotopic (exact) mass is 219 g/mol. The lowest BCUT2D eigenvalue weighted by atomic mass is 10.0. The van der Waals surface area contributed by atoms with Gasteiger partial charge in [0.2, 0.25) is 0 Å². The zero-order valence-corrected chi connectivity index (χ0v) is 10.4. The molecular formula is C14H21NO. The van der Waals surface area contributed by atoms with Gasteiger partial charge in [-0.15, -0.1) is 0 Å². The molecule has 1 rings (SSSR count). The molecule has 0 unspecified atom stereocenters. The third-order valence-corrected chi connectivity index (χ3v) is 2.39. The molecule has 0 aliphatic rings. The van der Waals surface area contributed by atoms with E-state index in [0.717, 1.165) is 17.9 Å². The van der Waals surface area contributed by atoms with Crippen LogP contribution in [0.2, 0.25) is 0 Å². The summed E-state index contributed by atoms with van der Waals surface area (Å²) in [4.78, 5) is 0. The fourth-order valence-electron chi connectivity index (χ4n) is 1.45. The second kappa shape index (κ2) is 6.33. The van der Waals surface area contributed by atoms with Crippen molar-refractivity contribution in [3.63, 3.8) is 0 Å². The molecule has 1 aromatic carbocycles. The summed E-state index contributed by atoms with van der Waals surface area (Å²) in [6.07, 6.45) is 0. The first-order valence-electron chi connectivity index (χ1n) is 5.67. The lowest BCUT2D eigenvalue weighted by Gasteiger charge is -2.11. The van der Waals surface area contributed by atoms with Crippen molar-refractivity contribution in [1.29, 1.82) is 0 Å². The Kier molecular flexibility index (Phi) is 5.06. The van der Waals surface area contributed by atoms with Gasteiger partial charge in [-0.3, -0.25) is 0 Å². The molecule has 0 spiro atoms. The molecule has 0 aliphatic heterocycles. The fraction of sp³-hybridized carbons (Fsp3) is 0.429. The number of ether oxygens (including phenoxy) is 1. The molecule has 0 fully saturated rings. The van der Waals surface area contributed by atoms with E-state index in [1.165, 1.54) is 5.56 Å².